The van der Waals surface area contributed by atoms with Gasteiger partial charge < -0.3 is 4.90 Å². The third-order valence-electron chi connectivity index (χ3n) is 2.71. The zero-order valence-corrected chi connectivity index (χ0v) is 9.05. The minimum Gasteiger partial charge on any atom is -0.342 e. The van der Waals surface area contributed by atoms with Crippen molar-refractivity contribution in [1.82, 2.24) is 4.90 Å². The summed E-state index contributed by atoms with van der Waals surface area (Å²) in [6.45, 7) is 8.58. The standard InChI is InChI=1S/C11H21NO/c1-9(2)6-7-12-8-10(3)4-5-11(12)13/h9-10H,4-8H2,1-3H3. The van der Waals surface area contributed by atoms with E-state index in [0.717, 1.165) is 32.4 Å². The van der Waals surface area contributed by atoms with Crippen LogP contribution in [0, 0.1) is 11.8 Å². The minimum atomic E-state index is 0.360. The first-order valence-electron chi connectivity index (χ1n) is 5.37. The van der Waals surface area contributed by atoms with E-state index in [1.807, 2.05) is 4.90 Å². The van der Waals surface area contributed by atoms with Gasteiger partial charge in [-0.05, 0) is 24.7 Å². The highest BCUT2D eigenvalue weighted by Gasteiger charge is 2.22. The van der Waals surface area contributed by atoms with Crippen molar-refractivity contribution >= 4 is 5.91 Å². The van der Waals surface area contributed by atoms with Crippen molar-refractivity contribution in [3.05, 3.63) is 0 Å². The third-order valence-corrected chi connectivity index (χ3v) is 2.71. The summed E-state index contributed by atoms with van der Waals surface area (Å²) >= 11 is 0. The van der Waals surface area contributed by atoms with Crippen LogP contribution in [0.3, 0.4) is 0 Å². The number of amides is 1. The molecule has 0 aromatic heterocycles. The number of carbonyl (C=O) groups is 1. The summed E-state index contributed by atoms with van der Waals surface area (Å²) in [5.74, 6) is 1.76. The Bertz CT molecular complexity index is 177. The number of likely N-dealkylation sites (tertiary alicyclic amines) is 1. The van der Waals surface area contributed by atoms with E-state index >= 15 is 0 Å². The molecule has 1 heterocycles. The van der Waals surface area contributed by atoms with Crippen LogP contribution >= 0.6 is 0 Å². The molecule has 0 N–H and O–H groups in total. The molecule has 13 heavy (non-hydrogen) atoms. The molecule has 2 heteroatoms. The fourth-order valence-electron chi connectivity index (χ4n) is 1.73. The molecule has 0 aromatic carbocycles. The molecule has 1 saturated heterocycles. The van der Waals surface area contributed by atoms with Crippen molar-refractivity contribution in [1.29, 1.82) is 0 Å². The maximum Gasteiger partial charge on any atom is 0.222 e. The first-order chi connectivity index (χ1) is 6.09. The summed E-state index contributed by atoms with van der Waals surface area (Å²) in [5.41, 5.74) is 0. The van der Waals surface area contributed by atoms with Crippen LogP contribution in [-0.2, 0) is 4.79 Å². The Balaban J connectivity index is 2.33. The summed E-state index contributed by atoms with van der Waals surface area (Å²) in [7, 11) is 0. The molecule has 2 nitrogen and oxygen atoms in total. The Morgan fingerprint density at radius 3 is 2.85 bits per heavy atom. The van der Waals surface area contributed by atoms with Gasteiger partial charge in [0.05, 0.1) is 0 Å². The summed E-state index contributed by atoms with van der Waals surface area (Å²) in [5, 5.41) is 0. The average Bonchev–Trinajstić information content (AvgIpc) is 2.06. The Morgan fingerprint density at radius 2 is 2.23 bits per heavy atom. The fraction of sp³-hybridized carbons (Fsp3) is 0.909. The van der Waals surface area contributed by atoms with Crippen molar-refractivity contribution in [2.45, 2.75) is 40.0 Å². The van der Waals surface area contributed by atoms with Gasteiger partial charge in [0.15, 0.2) is 0 Å². The number of hydrogen-bond donors (Lipinski definition) is 0. The van der Waals surface area contributed by atoms with Gasteiger partial charge in [0.25, 0.3) is 0 Å². The Labute approximate surface area is 81.3 Å². The smallest absolute Gasteiger partial charge is 0.222 e. The summed E-state index contributed by atoms with van der Waals surface area (Å²) < 4.78 is 0. The largest absolute Gasteiger partial charge is 0.342 e. The maximum atomic E-state index is 11.5. The SMILES string of the molecule is CC(C)CCN1CC(C)CCC1=O. The zero-order chi connectivity index (χ0) is 9.84. The highest BCUT2D eigenvalue weighted by Crippen LogP contribution is 2.17. The molecule has 1 rings (SSSR count). The van der Waals surface area contributed by atoms with E-state index < -0.39 is 0 Å². The second-order valence-electron chi connectivity index (χ2n) is 4.67. The zero-order valence-electron chi connectivity index (χ0n) is 9.05. The molecule has 0 spiro atoms. The van der Waals surface area contributed by atoms with Gasteiger partial charge in [-0.15, -0.1) is 0 Å². The van der Waals surface area contributed by atoms with Gasteiger partial charge in [-0.1, -0.05) is 20.8 Å². The molecular formula is C11H21NO. The van der Waals surface area contributed by atoms with Crippen LogP contribution in [0.25, 0.3) is 0 Å². The first-order valence-corrected chi connectivity index (χ1v) is 5.37. The van der Waals surface area contributed by atoms with Crippen LogP contribution in [0.1, 0.15) is 40.0 Å². The topological polar surface area (TPSA) is 20.3 Å². The van der Waals surface area contributed by atoms with Gasteiger partial charge in [-0.2, -0.15) is 0 Å². The molecule has 1 atom stereocenters. The summed E-state index contributed by atoms with van der Waals surface area (Å²) in [6.07, 6.45) is 2.98. The molecule has 76 valence electrons. The van der Waals surface area contributed by atoms with Gasteiger partial charge >= 0.3 is 0 Å². The molecule has 1 aliphatic rings. The molecule has 0 saturated carbocycles. The number of carbonyl (C=O) groups excluding carboxylic acids is 1. The maximum absolute atomic E-state index is 11.5. The van der Waals surface area contributed by atoms with Crippen molar-refractivity contribution in [2.75, 3.05) is 13.1 Å². The molecular weight excluding hydrogens is 162 g/mol. The van der Waals surface area contributed by atoms with Gasteiger partial charge in [0, 0.05) is 19.5 Å². The van der Waals surface area contributed by atoms with Crippen molar-refractivity contribution in [2.24, 2.45) is 11.8 Å². The highest BCUT2D eigenvalue weighted by atomic mass is 16.2. The van der Waals surface area contributed by atoms with Crippen LogP contribution in [0.2, 0.25) is 0 Å². The van der Waals surface area contributed by atoms with Crippen molar-refractivity contribution in [3.63, 3.8) is 0 Å². The lowest BCUT2D eigenvalue weighted by Crippen LogP contribution is -2.39. The molecule has 0 aromatic rings. The highest BCUT2D eigenvalue weighted by molar-refractivity contribution is 5.76. The number of rotatable bonds is 3. The minimum absolute atomic E-state index is 0.360. The van der Waals surface area contributed by atoms with Crippen LogP contribution in [0.5, 0.6) is 0 Å². The van der Waals surface area contributed by atoms with Crippen LogP contribution in [0.4, 0.5) is 0 Å². The van der Waals surface area contributed by atoms with Gasteiger partial charge in [-0.3, -0.25) is 4.79 Å². The molecule has 1 aliphatic heterocycles. The molecule has 0 radical (unpaired) electrons. The summed E-state index contributed by atoms with van der Waals surface area (Å²) in [6, 6.07) is 0. The van der Waals surface area contributed by atoms with E-state index in [2.05, 4.69) is 20.8 Å². The molecule has 1 unspecified atom stereocenters. The van der Waals surface area contributed by atoms with Crippen LogP contribution < -0.4 is 0 Å². The Kier molecular flexibility index (Phi) is 3.76. The quantitative estimate of drug-likeness (QED) is 0.657. The van der Waals surface area contributed by atoms with Crippen LogP contribution in [-0.4, -0.2) is 23.9 Å². The van der Waals surface area contributed by atoms with Gasteiger partial charge in [-0.25, -0.2) is 0 Å². The monoisotopic (exact) mass is 183 g/mol. The van der Waals surface area contributed by atoms with E-state index in [4.69, 9.17) is 0 Å². The second-order valence-corrected chi connectivity index (χ2v) is 4.67. The molecule has 0 bridgehead atoms. The van der Waals surface area contributed by atoms with E-state index in [-0.39, 0.29) is 0 Å². The van der Waals surface area contributed by atoms with Crippen LogP contribution in [0.15, 0.2) is 0 Å². The lowest BCUT2D eigenvalue weighted by molar-refractivity contribution is -0.134. The lowest BCUT2D eigenvalue weighted by atomic mass is 9.99. The number of piperidine rings is 1. The number of nitrogens with zero attached hydrogens (tertiary/aromatic N) is 1. The van der Waals surface area contributed by atoms with Crippen molar-refractivity contribution in [3.8, 4) is 0 Å². The normalized spacial score (nSPS) is 24.2. The lowest BCUT2D eigenvalue weighted by Gasteiger charge is -2.31. The van der Waals surface area contributed by atoms with Crippen molar-refractivity contribution < 1.29 is 4.79 Å². The van der Waals surface area contributed by atoms with Gasteiger partial charge in [0.1, 0.15) is 0 Å². The van der Waals surface area contributed by atoms with E-state index in [0.29, 0.717) is 17.7 Å². The van der Waals surface area contributed by atoms with E-state index in [1.54, 1.807) is 0 Å². The average molecular weight is 183 g/mol. The van der Waals surface area contributed by atoms with Gasteiger partial charge in [0.2, 0.25) is 5.91 Å². The molecule has 0 aliphatic carbocycles. The molecule has 1 fully saturated rings. The fourth-order valence-corrected chi connectivity index (χ4v) is 1.73. The second kappa shape index (κ2) is 4.64. The predicted octanol–water partition coefficient (Wildman–Crippen LogP) is 2.29. The van der Waals surface area contributed by atoms with E-state index in [9.17, 15) is 4.79 Å². The Hall–Kier alpha value is -0.530. The number of hydrogen-bond acceptors (Lipinski definition) is 1. The predicted molar refractivity (Wildman–Crippen MR) is 54.4 cm³/mol. The third kappa shape index (κ3) is 3.37. The Morgan fingerprint density at radius 1 is 1.54 bits per heavy atom. The molecule has 1 amide bonds. The van der Waals surface area contributed by atoms with E-state index in [1.165, 1.54) is 0 Å². The first kappa shape index (κ1) is 10.6. The summed E-state index contributed by atoms with van der Waals surface area (Å²) in [4.78, 5) is 13.5.